The molecule has 6 nitrogen and oxygen atoms in total. The first-order chi connectivity index (χ1) is 7.95. The van der Waals surface area contributed by atoms with Gasteiger partial charge in [-0.25, -0.2) is 0 Å². The average Bonchev–Trinajstić information content (AvgIpc) is 2.25. The fourth-order valence-electron chi connectivity index (χ4n) is 1.98. The van der Waals surface area contributed by atoms with Crippen molar-refractivity contribution in [1.29, 1.82) is 0 Å². The minimum atomic E-state index is -3.41. The van der Waals surface area contributed by atoms with Gasteiger partial charge in [0.15, 0.2) is 0 Å². The Morgan fingerprint density at radius 2 is 2.24 bits per heavy atom. The lowest BCUT2D eigenvalue weighted by Gasteiger charge is -2.31. The molecule has 0 bridgehead atoms. The maximum absolute atomic E-state index is 11.9. The zero-order chi connectivity index (χ0) is 12.9. The number of hydrogen-bond donors (Lipinski definition) is 2. The van der Waals surface area contributed by atoms with Crippen molar-refractivity contribution >= 4 is 10.2 Å². The second-order valence-corrected chi connectivity index (χ2v) is 6.43. The molecule has 0 aliphatic carbocycles. The van der Waals surface area contributed by atoms with Gasteiger partial charge in [-0.15, -0.1) is 0 Å². The largest absolute Gasteiger partial charge is 0.396 e. The fourth-order valence-corrected chi connectivity index (χ4v) is 3.14. The zero-order valence-corrected chi connectivity index (χ0v) is 11.4. The highest BCUT2D eigenvalue weighted by Crippen LogP contribution is 2.10. The zero-order valence-electron chi connectivity index (χ0n) is 10.6. The highest BCUT2D eigenvalue weighted by molar-refractivity contribution is 7.87. The van der Waals surface area contributed by atoms with Crippen LogP contribution in [0, 0.1) is 0 Å². The molecule has 0 aromatic heterocycles. The van der Waals surface area contributed by atoms with E-state index in [9.17, 15) is 8.42 Å². The molecule has 17 heavy (non-hydrogen) atoms. The summed E-state index contributed by atoms with van der Waals surface area (Å²) in [6.07, 6.45) is 2.36. The van der Waals surface area contributed by atoms with E-state index in [2.05, 4.69) is 9.62 Å². The molecule has 0 saturated carbocycles. The molecule has 1 unspecified atom stereocenters. The van der Waals surface area contributed by atoms with Crippen LogP contribution in [0.5, 0.6) is 0 Å². The van der Waals surface area contributed by atoms with E-state index in [0.717, 1.165) is 25.9 Å². The Balaban J connectivity index is 2.47. The number of likely N-dealkylation sites (N-methyl/N-ethyl adjacent to an activating group) is 1. The Morgan fingerprint density at radius 3 is 2.82 bits per heavy atom. The maximum Gasteiger partial charge on any atom is 0.279 e. The molecule has 0 aromatic carbocycles. The molecule has 0 radical (unpaired) electrons. The van der Waals surface area contributed by atoms with Crippen molar-refractivity contribution in [2.75, 3.05) is 40.3 Å². The number of aliphatic hydroxyl groups is 1. The second-order valence-electron chi connectivity index (χ2n) is 4.62. The van der Waals surface area contributed by atoms with E-state index in [4.69, 9.17) is 5.11 Å². The van der Waals surface area contributed by atoms with Crippen LogP contribution >= 0.6 is 0 Å². The van der Waals surface area contributed by atoms with Crippen LogP contribution in [0.3, 0.4) is 0 Å². The van der Waals surface area contributed by atoms with Gasteiger partial charge in [-0.05, 0) is 32.9 Å². The highest BCUT2D eigenvalue weighted by atomic mass is 32.2. The molecule has 1 aliphatic heterocycles. The van der Waals surface area contributed by atoms with Gasteiger partial charge >= 0.3 is 0 Å². The van der Waals surface area contributed by atoms with Crippen molar-refractivity contribution in [3.8, 4) is 0 Å². The van der Waals surface area contributed by atoms with Gasteiger partial charge in [-0.2, -0.15) is 17.4 Å². The van der Waals surface area contributed by atoms with Crippen molar-refractivity contribution in [2.24, 2.45) is 0 Å². The molecule has 102 valence electrons. The third-order valence-electron chi connectivity index (χ3n) is 2.98. The number of piperidine rings is 1. The Bertz CT molecular complexity index is 321. The molecular weight excluding hydrogens is 242 g/mol. The van der Waals surface area contributed by atoms with Gasteiger partial charge in [0.1, 0.15) is 0 Å². The number of likely N-dealkylation sites (tertiary alicyclic amines) is 1. The molecule has 1 aliphatic rings. The van der Waals surface area contributed by atoms with Crippen molar-refractivity contribution in [2.45, 2.75) is 25.3 Å². The van der Waals surface area contributed by atoms with Gasteiger partial charge in [0, 0.05) is 32.8 Å². The van der Waals surface area contributed by atoms with Crippen LogP contribution in [-0.2, 0) is 10.2 Å². The SMILES string of the molecule is CN1CCCC(NS(=O)(=O)N(C)CCCO)C1. The fraction of sp³-hybridized carbons (Fsp3) is 1.00. The summed E-state index contributed by atoms with van der Waals surface area (Å²) in [5.41, 5.74) is 0. The summed E-state index contributed by atoms with van der Waals surface area (Å²) >= 11 is 0. The Labute approximate surface area is 104 Å². The van der Waals surface area contributed by atoms with Crippen molar-refractivity contribution in [3.05, 3.63) is 0 Å². The first-order valence-electron chi connectivity index (χ1n) is 5.98. The van der Waals surface area contributed by atoms with E-state index in [1.165, 1.54) is 11.4 Å². The molecule has 0 aromatic rings. The lowest BCUT2D eigenvalue weighted by molar-refractivity contribution is 0.239. The van der Waals surface area contributed by atoms with E-state index < -0.39 is 10.2 Å². The average molecular weight is 265 g/mol. The normalized spacial score (nSPS) is 23.2. The van der Waals surface area contributed by atoms with Gasteiger partial charge in [-0.3, -0.25) is 0 Å². The molecule has 1 atom stereocenters. The van der Waals surface area contributed by atoms with Crippen LogP contribution in [0.1, 0.15) is 19.3 Å². The van der Waals surface area contributed by atoms with Crippen molar-refractivity contribution in [3.63, 3.8) is 0 Å². The van der Waals surface area contributed by atoms with Crippen LogP contribution in [0.2, 0.25) is 0 Å². The summed E-state index contributed by atoms with van der Waals surface area (Å²) in [5, 5.41) is 8.69. The predicted octanol–water partition coefficient (Wildman–Crippen LogP) is -0.771. The molecule has 1 fully saturated rings. The Hall–Kier alpha value is -0.210. The third kappa shape index (κ3) is 4.89. The number of aliphatic hydroxyl groups excluding tert-OH is 1. The molecule has 0 amide bonds. The number of hydrogen-bond acceptors (Lipinski definition) is 4. The lowest BCUT2D eigenvalue weighted by atomic mass is 10.1. The second kappa shape index (κ2) is 6.65. The van der Waals surface area contributed by atoms with E-state index in [0.29, 0.717) is 13.0 Å². The predicted molar refractivity (Wildman–Crippen MR) is 66.9 cm³/mol. The summed E-state index contributed by atoms with van der Waals surface area (Å²) < 4.78 is 27.8. The lowest BCUT2D eigenvalue weighted by Crippen LogP contribution is -2.50. The first kappa shape index (κ1) is 14.8. The first-order valence-corrected chi connectivity index (χ1v) is 7.42. The Morgan fingerprint density at radius 1 is 1.53 bits per heavy atom. The smallest absolute Gasteiger partial charge is 0.279 e. The van der Waals surface area contributed by atoms with Crippen LogP contribution in [0.4, 0.5) is 0 Å². The molecule has 1 heterocycles. The number of nitrogens with one attached hydrogen (secondary N) is 1. The van der Waals surface area contributed by atoms with Crippen LogP contribution in [0.15, 0.2) is 0 Å². The third-order valence-corrected chi connectivity index (χ3v) is 4.62. The molecule has 0 spiro atoms. The molecule has 1 rings (SSSR count). The van der Waals surface area contributed by atoms with Crippen molar-refractivity contribution in [1.82, 2.24) is 13.9 Å². The molecule has 1 saturated heterocycles. The Kier molecular flexibility index (Phi) is 5.81. The standard InChI is InChI=1S/C10H23N3O3S/c1-12-6-3-5-10(9-12)11-17(15,16)13(2)7-4-8-14/h10-11,14H,3-9H2,1-2H3. The van der Waals surface area contributed by atoms with E-state index >= 15 is 0 Å². The minimum absolute atomic E-state index is 0.00433. The topological polar surface area (TPSA) is 72.9 Å². The molecule has 7 heteroatoms. The van der Waals surface area contributed by atoms with E-state index in [-0.39, 0.29) is 12.6 Å². The van der Waals surface area contributed by atoms with E-state index in [1.807, 2.05) is 7.05 Å². The summed E-state index contributed by atoms with van der Waals surface area (Å²) in [7, 11) is 0.118. The molecular formula is C10H23N3O3S. The van der Waals surface area contributed by atoms with Crippen LogP contribution in [0.25, 0.3) is 0 Å². The van der Waals surface area contributed by atoms with Gasteiger partial charge in [-0.1, -0.05) is 0 Å². The van der Waals surface area contributed by atoms with Crippen LogP contribution in [-0.4, -0.2) is 69.1 Å². The van der Waals surface area contributed by atoms with Crippen LogP contribution < -0.4 is 4.72 Å². The van der Waals surface area contributed by atoms with Gasteiger partial charge < -0.3 is 10.0 Å². The maximum atomic E-state index is 11.9. The van der Waals surface area contributed by atoms with Crippen molar-refractivity contribution < 1.29 is 13.5 Å². The van der Waals surface area contributed by atoms with Gasteiger partial charge in [0.05, 0.1) is 0 Å². The highest BCUT2D eigenvalue weighted by Gasteiger charge is 2.24. The summed E-state index contributed by atoms with van der Waals surface area (Å²) in [6.45, 7) is 2.13. The number of rotatable bonds is 6. The van der Waals surface area contributed by atoms with Gasteiger partial charge in [0.25, 0.3) is 10.2 Å². The van der Waals surface area contributed by atoms with Gasteiger partial charge in [0.2, 0.25) is 0 Å². The monoisotopic (exact) mass is 265 g/mol. The summed E-state index contributed by atoms with van der Waals surface area (Å²) in [6, 6.07) is -0.00433. The number of nitrogens with zero attached hydrogens (tertiary/aromatic N) is 2. The summed E-state index contributed by atoms with van der Waals surface area (Å²) in [4.78, 5) is 2.13. The quantitative estimate of drug-likeness (QED) is 0.661. The minimum Gasteiger partial charge on any atom is -0.396 e. The van der Waals surface area contributed by atoms with E-state index in [1.54, 1.807) is 0 Å². The summed E-state index contributed by atoms with van der Waals surface area (Å²) in [5.74, 6) is 0. The molecule has 2 N–H and O–H groups in total.